The molecule has 2 amide bonds. The maximum atomic E-state index is 14.2. The second kappa shape index (κ2) is 14.1. The number of benzene rings is 3. The zero-order valence-corrected chi connectivity index (χ0v) is 25.0. The average Bonchev–Trinajstić information content (AvgIpc) is 2.93. The highest BCUT2D eigenvalue weighted by atomic mass is 32.2. The van der Waals surface area contributed by atoms with Crippen LogP contribution in [0.15, 0.2) is 77.7 Å². The monoisotopic (exact) mass is 563 g/mol. The van der Waals surface area contributed by atoms with Crippen molar-refractivity contribution in [2.24, 2.45) is 0 Å². The molecule has 0 saturated carbocycles. The van der Waals surface area contributed by atoms with Gasteiger partial charge in [0, 0.05) is 13.1 Å². The molecule has 0 aliphatic heterocycles. The summed E-state index contributed by atoms with van der Waals surface area (Å²) in [6.45, 7) is 9.86. The first-order chi connectivity index (χ1) is 19.1. The number of aryl methyl sites for hydroxylation is 3. The molecule has 0 fully saturated rings. The Hall–Kier alpha value is -3.65. The van der Waals surface area contributed by atoms with E-state index >= 15 is 0 Å². The number of rotatable bonds is 13. The van der Waals surface area contributed by atoms with Gasteiger partial charge in [-0.1, -0.05) is 80.4 Å². The molecule has 0 aromatic heterocycles. The molecular formula is C32H41N3O4S. The van der Waals surface area contributed by atoms with E-state index in [1.165, 1.54) is 9.21 Å². The summed E-state index contributed by atoms with van der Waals surface area (Å²) in [4.78, 5) is 29.1. The summed E-state index contributed by atoms with van der Waals surface area (Å²) in [6, 6.07) is 20.7. The van der Waals surface area contributed by atoms with Gasteiger partial charge in [-0.05, 0) is 68.5 Å². The number of amides is 2. The number of para-hydroxylation sites is 1. The molecule has 0 aliphatic rings. The van der Waals surface area contributed by atoms with Crippen LogP contribution in [0.3, 0.4) is 0 Å². The van der Waals surface area contributed by atoms with Gasteiger partial charge in [0.15, 0.2) is 0 Å². The van der Waals surface area contributed by atoms with Gasteiger partial charge in [0.2, 0.25) is 11.8 Å². The van der Waals surface area contributed by atoms with Gasteiger partial charge in [-0.15, -0.1) is 0 Å². The SMILES string of the molecule is CCCCNC(=O)[C@H](CC)N(Cc1ccccc1C)C(=O)CN(c1ccccc1C)S(=O)(=O)c1ccc(C)cc1. The van der Waals surface area contributed by atoms with Gasteiger partial charge in [0.05, 0.1) is 10.6 Å². The highest BCUT2D eigenvalue weighted by molar-refractivity contribution is 7.92. The molecule has 1 atom stereocenters. The number of carbonyl (C=O) groups is 2. The van der Waals surface area contributed by atoms with Crippen molar-refractivity contribution in [1.82, 2.24) is 10.2 Å². The van der Waals surface area contributed by atoms with Crippen molar-refractivity contribution >= 4 is 27.5 Å². The first-order valence-electron chi connectivity index (χ1n) is 13.9. The summed E-state index contributed by atoms with van der Waals surface area (Å²) >= 11 is 0. The highest BCUT2D eigenvalue weighted by Gasteiger charge is 2.34. The third-order valence-corrected chi connectivity index (χ3v) is 8.86. The summed E-state index contributed by atoms with van der Waals surface area (Å²) in [5.74, 6) is -0.679. The number of hydrogen-bond donors (Lipinski definition) is 1. The lowest BCUT2D eigenvalue weighted by Gasteiger charge is -2.34. The fourth-order valence-corrected chi connectivity index (χ4v) is 6.07. The van der Waals surface area contributed by atoms with Crippen molar-refractivity contribution in [3.8, 4) is 0 Å². The van der Waals surface area contributed by atoms with Crippen LogP contribution in [0.5, 0.6) is 0 Å². The van der Waals surface area contributed by atoms with Crippen LogP contribution in [0.25, 0.3) is 0 Å². The molecule has 0 aliphatic carbocycles. The minimum Gasteiger partial charge on any atom is -0.354 e. The van der Waals surface area contributed by atoms with Crippen LogP contribution in [-0.4, -0.2) is 44.3 Å². The van der Waals surface area contributed by atoms with Crippen LogP contribution in [0.4, 0.5) is 5.69 Å². The number of sulfonamides is 1. The second-order valence-electron chi connectivity index (χ2n) is 10.1. The molecule has 8 heteroatoms. The van der Waals surface area contributed by atoms with Gasteiger partial charge in [0.1, 0.15) is 12.6 Å². The number of unbranched alkanes of at least 4 members (excludes halogenated alkanes) is 1. The van der Waals surface area contributed by atoms with Gasteiger partial charge < -0.3 is 10.2 Å². The van der Waals surface area contributed by atoms with Crippen molar-refractivity contribution in [3.63, 3.8) is 0 Å². The van der Waals surface area contributed by atoms with Crippen LogP contribution in [0.2, 0.25) is 0 Å². The fourth-order valence-electron chi connectivity index (χ4n) is 4.59. The van der Waals surface area contributed by atoms with Crippen LogP contribution in [0, 0.1) is 20.8 Å². The smallest absolute Gasteiger partial charge is 0.264 e. The van der Waals surface area contributed by atoms with Crippen molar-refractivity contribution < 1.29 is 18.0 Å². The maximum absolute atomic E-state index is 14.2. The van der Waals surface area contributed by atoms with E-state index in [4.69, 9.17) is 0 Å². The minimum atomic E-state index is -4.09. The topological polar surface area (TPSA) is 86.8 Å². The van der Waals surface area contributed by atoms with Gasteiger partial charge in [0.25, 0.3) is 10.0 Å². The Morgan fingerprint density at radius 1 is 0.850 bits per heavy atom. The lowest BCUT2D eigenvalue weighted by molar-refractivity contribution is -0.140. The predicted octanol–water partition coefficient (Wildman–Crippen LogP) is 5.53. The molecule has 3 aromatic rings. The van der Waals surface area contributed by atoms with Crippen molar-refractivity contribution in [3.05, 3.63) is 95.1 Å². The molecule has 3 rings (SSSR count). The third-order valence-electron chi connectivity index (χ3n) is 7.09. The molecule has 0 heterocycles. The van der Waals surface area contributed by atoms with Gasteiger partial charge in [-0.25, -0.2) is 8.42 Å². The van der Waals surface area contributed by atoms with Crippen molar-refractivity contribution in [2.75, 3.05) is 17.4 Å². The van der Waals surface area contributed by atoms with E-state index in [0.29, 0.717) is 18.7 Å². The second-order valence-corrected chi connectivity index (χ2v) is 12.0. The zero-order valence-electron chi connectivity index (χ0n) is 24.2. The quantitative estimate of drug-likeness (QED) is 0.277. The maximum Gasteiger partial charge on any atom is 0.264 e. The Morgan fingerprint density at radius 3 is 2.08 bits per heavy atom. The lowest BCUT2D eigenvalue weighted by Crippen LogP contribution is -2.52. The number of anilines is 1. The summed E-state index contributed by atoms with van der Waals surface area (Å²) in [5.41, 5.74) is 3.97. The number of nitrogens with zero attached hydrogens (tertiary/aromatic N) is 2. The molecule has 214 valence electrons. The minimum absolute atomic E-state index is 0.101. The van der Waals surface area contributed by atoms with Crippen molar-refractivity contribution in [2.45, 2.75) is 71.4 Å². The number of carbonyl (C=O) groups excluding carboxylic acids is 2. The molecular weight excluding hydrogens is 522 g/mol. The summed E-state index contributed by atoms with van der Waals surface area (Å²) in [5, 5.41) is 2.96. The van der Waals surface area contributed by atoms with E-state index < -0.39 is 28.5 Å². The van der Waals surface area contributed by atoms with Crippen LogP contribution < -0.4 is 9.62 Å². The highest BCUT2D eigenvalue weighted by Crippen LogP contribution is 2.28. The molecule has 3 aromatic carbocycles. The molecule has 0 unspecified atom stereocenters. The molecule has 7 nitrogen and oxygen atoms in total. The predicted molar refractivity (Wildman–Crippen MR) is 161 cm³/mol. The summed E-state index contributed by atoms with van der Waals surface area (Å²) < 4.78 is 29.1. The van der Waals surface area contributed by atoms with E-state index in [1.807, 2.05) is 71.0 Å². The molecule has 0 saturated heterocycles. The lowest BCUT2D eigenvalue weighted by atomic mass is 10.1. The Morgan fingerprint density at radius 2 is 1.48 bits per heavy atom. The molecule has 0 bridgehead atoms. The molecule has 40 heavy (non-hydrogen) atoms. The molecule has 1 N–H and O–H groups in total. The van der Waals surface area contributed by atoms with E-state index in [0.717, 1.165) is 35.1 Å². The zero-order chi connectivity index (χ0) is 29.3. The largest absolute Gasteiger partial charge is 0.354 e. The van der Waals surface area contributed by atoms with E-state index in [1.54, 1.807) is 36.4 Å². The van der Waals surface area contributed by atoms with Crippen LogP contribution >= 0.6 is 0 Å². The standard InChI is InChI=1S/C32H41N3O4S/c1-6-8-21-33-32(37)29(7-2)34(22-27-15-11-9-13-25(27)4)31(36)23-35(30-16-12-10-14-26(30)5)40(38,39)28-19-17-24(3)18-20-28/h9-20,29H,6-8,21-23H2,1-5H3,(H,33,37)/t29-/m0/s1. The van der Waals surface area contributed by atoms with E-state index in [-0.39, 0.29) is 17.3 Å². The summed E-state index contributed by atoms with van der Waals surface area (Å²) in [6.07, 6.45) is 2.17. The third kappa shape index (κ3) is 7.50. The first kappa shape index (κ1) is 30.9. The average molecular weight is 564 g/mol. The Bertz CT molecular complexity index is 1400. The van der Waals surface area contributed by atoms with Gasteiger partial charge in [-0.2, -0.15) is 0 Å². The number of hydrogen-bond acceptors (Lipinski definition) is 4. The van der Waals surface area contributed by atoms with E-state index in [9.17, 15) is 18.0 Å². The number of nitrogens with one attached hydrogen (secondary N) is 1. The summed E-state index contributed by atoms with van der Waals surface area (Å²) in [7, 11) is -4.09. The Kier molecular flexibility index (Phi) is 10.9. The molecule has 0 radical (unpaired) electrons. The Labute approximate surface area is 239 Å². The first-order valence-corrected chi connectivity index (χ1v) is 15.3. The van der Waals surface area contributed by atoms with Gasteiger partial charge >= 0.3 is 0 Å². The van der Waals surface area contributed by atoms with E-state index in [2.05, 4.69) is 5.32 Å². The van der Waals surface area contributed by atoms with Crippen LogP contribution in [0.1, 0.15) is 55.4 Å². The normalized spacial score (nSPS) is 12.0. The Balaban J connectivity index is 2.06. The fraction of sp³-hybridized carbons (Fsp3) is 0.375. The van der Waals surface area contributed by atoms with Crippen molar-refractivity contribution in [1.29, 1.82) is 0 Å². The van der Waals surface area contributed by atoms with Gasteiger partial charge in [-0.3, -0.25) is 13.9 Å². The van der Waals surface area contributed by atoms with Crippen LogP contribution in [-0.2, 0) is 26.2 Å². The molecule has 0 spiro atoms.